The summed E-state index contributed by atoms with van der Waals surface area (Å²) in [7, 11) is -3.57. The summed E-state index contributed by atoms with van der Waals surface area (Å²) in [6, 6.07) is 1.95. The van der Waals surface area contributed by atoms with E-state index in [-0.39, 0.29) is 4.90 Å². The average Bonchev–Trinajstić information content (AvgIpc) is 2.98. The molecule has 0 radical (unpaired) electrons. The van der Waals surface area contributed by atoms with Crippen molar-refractivity contribution in [2.75, 3.05) is 19.7 Å². The minimum Gasteiger partial charge on any atom is -0.477 e. The molecule has 1 saturated heterocycles. The highest BCUT2D eigenvalue weighted by Crippen LogP contribution is 2.36. The molecule has 0 atom stereocenters. The van der Waals surface area contributed by atoms with E-state index in [1.165, 1.54) is 23.6 Å². The third kappa shape index (κ3) is 3.77. The first-order valence-electron chi connectivity index (χ1n) is 9.83. The Balaban J connectivity index is 1.32. The molecule has 2 aromatic rings. The lowest BCUT2D eigenvalue weighted by Crippen LogP contribution is -2.40. The molecule has 2 fully saturated rings. The number of hydrogen-bond donors (Lipinski definition) is 0. The molecule has 8 nitrogen and oxygen atoms in total. The Hall–Kier alpha value is -2.00. The van der Waals surface area contributed by atoms with Crippen molar-refractivity contribution < 1.29 is 17.7 Å². The molecule has 1 aliphatic carbocycles. The number of aryl methyl sites for hydroxylation is 2. The zero-order chi connectivity index (χ0) is 19.7. The zero-order valence-corrected chi connectivity index (χ0v) is 17.1. The van der Waals surface area contributed by atoms with Crippen LogP contribution in [0.2, 0.25) is 0 Å². The van der Waals surface area contributed by atoms with Crippen LogP contribution in [0.25, 0.3) is 0 Å². The largest absolute Gasteiger partial charge is 0.477 e. The van der Waals surface area contributed by atoms with E-state index < -0.39 is 10.0 Å². The van der Waals surface area contributed by atoms with E-state index in [2.05, 4.69) is 15.1 Å². The highest BCUT2D eigenvalue weighted by atomic mass is 32.2. The van der Waals surface area contributed by atoms with Gasteiger partial charge in [-0.25, -0.2) is 18.4 Å². The zero-order valence-electron chi connectivity index (χ0n) is 16.3. The fraction of sp³-hybridized carbons (Fsp3) is 0.632. The number of piperidine rings is 1. The molecule has 3 heterocycles. The van der Waals surface area contributed by atoms with Gasteiger partial charge in [0.15, 0.2) is 5.76 Å². The molecular formula is C19H26N4O4S. The summed E-state index contributed by atoms with van der Waals surface area (Å²) < 4.78 is 38.2. The van der Waals surface area contributed by atoms with Crippen LogP contribution in [0, 0.1) is 19.8 Å². The standard InChI is InChI=1S/C19H26N4O4S/c1-13-19(14(2)27-22-13)28(24,25)23-8-6-15(7-9-23)11-26-18-10-17(20-12-21-18)16-4-3-5-16/h10,12,15-16H,3-9,11H2,1-2H3. The first-order valence-corrected chi connectivity index (χ1v) is 11.3. The normalized spacial score (nSPS) is 19.5. The fourth-order valence-corrected chi connectivity index (χ4v) is 5.61. The molecule has 0 N–H and O–H groups in total. The Morgan fingerprint density at radius 3 is 2.54 bits per heavy atom. The lowest BCUT2D eigenvalue weighted by Gasteiger charge is -2.31. The van der Waals surface area contributed by atoms with Gasteiger partial charge in [0, 0.05) is 25.1 Å². The van der Waals surface area contributed by atoms with Crippen LogP contribution in [0.4, 0.5) is 0 Å². The molecule has 152 valence electrons. The minimum absolute atomic E-state index is 0.201. The average molecular weight is 407 g/mol. The van der Waals surface area contributed by atoms with Crippen LogP contribution in [0.5, 0.6) is 5.88 Å². The summed E-state index contributed by atoms with van der Waals surface area (Å²) >= 11 is 0. The fourth-order valence-electron chi connectivity index (χ4n) is 3.85. The third-order valence-electron chi connectivity index (χ3n) is 5.79. The highest BCUT2D eigenvalue weighted by molar-refractivity contribution is 7.89. The highest BCUT2D eigenvalue weighted by Gasteiger charge is 2.34. The van der Waals surface area contributed by atoms with Gasteiger partial charge >= 0.3 is 0 Å². The van der Waals surface area contributed by atoms with Gasteiger partial charge in [-0.3, -0.25) is 0 Å². The van der Waals surface area contributed by atoms with Crippen LogP contribution in [-0.2, 0) is 10.0 Å². The van der Waals surface area contributed by atoms with Crippen molar-refractivity contribution in [2.45, 2.75) is 56.8 Å². The van der Waals surface area contributed by atoms with Gasteiger partial charge in [-0.15, -0.1) is 0 Å². The maximum Gasteiger partial charge on any atom is 0.248 e. The van der Waals surface area contributed by atoms with Gasteiger partial charge in [-0.05, 0) is 45.4 Å². The molecule has 4 rings (SSSR count). The van der Waals surface area contributed by atoms with E-state index >= 15 is 0 Å². The maximum absolute atomic E-state index is 12.9. The van der Waals surface area contributed by atoms with Crippen LogP contribution in [0.15, 0.2) is 21.8 Å². The summed E-state index contributed by atoms with van der Waals surface area (Å²) in [6.07, 6.45) is 6.72. The van der Waals surface area contributed by atoms with Crippen LogP contribution in [0.1, 0.15) is 55.2 Å². The molecule has 28 heavy (non-hydrogen) atoms. The predicted molar refractivity (Wildman–Crippen MR) is 102 cm³/mol. The summed E-state index contributed by atoms with van der Waals surface area (Å²) in [5.41, 5.74) is 1.48. The van der Waals surface area contributed by atoms with Crippen LogP contribution in [0.3, 0.4) is 0 Å². The Morgan fingerprint density at radius 1 is 1.18 bits per heavy atom. The summed E-state index contributed by atoms with van der Waals surface area (Å²) in [6.45, 7) is 4.77. The molecule has 0 bridgehead atoms. The molecule has 2 aliphatic rings. The van der Waals surface area contributed by atoms with Gasteiger partial charge in [-0.1, -0.05) is 11.6 Å². The summed E-state index contributed by atoms with van der Waals surface area (Å²) in [5, 5.41) is 3.77. The van der Waals surface area contributed by atoms with E-state index in [1.807, 2.05) is 6.07 Å². The first-order chi connectivity index (χ1) is 13.4. The van der Waals surface area contributed by atoms with Crippen molar-refractivity contribution >= 4 is 10.0 Å². The van der Waals surface area contributed by atoms with E-state index in [0.29, 0.717) is 48.9 Å². The summed E-state index contributed by atoms with van der Waals surface area (Å²) in [4.78, 5) is 8.77. The molecule has 2 aromatic heterocycles. The first kappa shape index (κ1) is 19.3. The lowest BCUT2D eigenvalue weighted by molar-refractivity contribution is 0.180. The van der Waals surface area contributed by atoms with Crippen LogP contribution >= 0.6 is 0 Å². The molecule has 0 aromatic carbocycles. The number of sulfonamides is 1. The van der Waals surface area contributed by atoms with E-state index in [9.17, 15) is 8.42 Å². The van der Waals surface area contributed by atoms with Gasteiger partial charge in [0.2, 0.25) is 15.9 Å². The van der Waals surface area contributed by atoms with Gasteiger partial charge < -0.3 is 9.26 Å². The van der Waals surface area contributed by atoms with Gasteiger partial charge in [0.05, 0.1) is 12.3 Å². The van der Waals surface area contributed by atoms with Gasteiger partial charge in [0.1, 0.15) is 16.9 Å². The molecule has 0 spiro atoms. The number of hydrogen-bond acceptors (Lipinski definition) is 7. The maximum atomic E-state index is 12.9. The number of ether oxygens (including phenoxy) is 1. The van der Waals surface area contributed by atoms with Gasteiger partial charge in [-0.2, -0.15) is 4.31 Å². The van der Waals surface area contributed by atoms with Crippen molar-refractivity contribution in [3.63, 3.8) is 0 Å². The molecule has 0 unspecified atom stereocenters. The van der Waals surface area contributed by atoms with Crippen molar-refractivity contribution in [2.24, 2.45) is 5.92 Å². The van der Waals surface area contributed by atoms with Gasteiger partial charge in [0.25, 0.3) is 0 Å². The second-order valence-electron chi connectivity index (χ2n) is 7.72. The smallest absolute Gasteiger partial charge is 0.248 e. The van der Waals surface area contributed by atoms with Crippen molar-refractivity contribution in [1.29, 1.82) is 0 Å². The Kier molecular flexibility index (Phi) is 5.37. The molecule has 1 aliphatic heterocycles. The summed E-state index contributed by atoms with van der Waals surface area (Å²) in [5.74, 6) is 1.80. The number of rotatable bonds is 6. The minimum atomic E-state index is -3.57. The SMILES string of the molecule is Cc1noc(C)c1S(=O)(=O)N1CCC(COc2cc(C3CCC3)ncn2)CC1. The molecule has 9 heteroatoms. The quantitative estimate of drug-likeness (QED) is 0.727. The molecule has 1 saturated carbocycles. The molecular weight excluding hydrogens is 380 g/mol. The van der Waals surface area contributed by atoms with Crippen molar-refractivity contribution in [3.05, 3.63) is 29.5 Å². The second-order valence-corrected chi connectivity index (χ2v) is 9.60. The Labute approximate surface area is 165 Å². The van der Waals surface area contributed by atoms with Crippen molar-refractivity contribution in [1.82, 2.24) is 19.4 Å². The van der Waals surface area contributed by atoms with E-state index in [0.717, 1.165) is 18.5 Å². The van der Waals surface area contributed by atoms with Crippen LogP contribution < -0.4 is 4.74 Å². The Morgan fingerprint density at radius 2 is 1.93 bits per heavy atom. The Bertz CT molecular complexity index is 912. The third-order valence-corrected chi connectivity index (χ3v) is 7.94. The number of nitrogens with zero attached hydrogens (tertiary/aromatic N) is 4. The number of aromatic nitrogens is 3. The van der Waals surface area contributed by atoms with Crippen LogP contribution in [-0.4, -0.2) is 47.5 Å². The second kappa shape index (κ2) is 7.79. The van der Waals surface area contributed by atoms with E-state index in [4.69, 9.17) is 9.26 Å². The van der Waals surface area contributed by atoms with E-state index in [1.54, 1.807) is 20.2 Å². The van der Waals surface area contributed by atoms with Crippen molar-refractivity contribution in [3.8, 4) is 5.88 Å². The molecule has 0 amide bonds. The topological polar surface area (TPSA) is 98.4 Å². The predicted octanol–water partition coefficient (Wildman–Crippen LogP) is 2.83. The monoisotopic (exact) mass is 406 g/mol. The lowest BCUT2D eigenvalue weighted by atomic mass is 9.83.